The Balaban J connectivity index is 1.49. The molecule has 2 aromatic heterocycles. The van der Waals surface area contributed by atoms with Gasteiger partial charge in [0, 0.05) is 22.1 Å². The van der Waals surface area contributed by atoms with Crippen LogP contribution in [0, 0.1) is 13.8 Å². The summed E-state index contributed by atoms with van der Waals surface area (Å²) in [5, 5.41) is 8.85. The maximum atomic E-state index is 4.60. The molecule has 0 spiro atoms. The zero-order chi connectivity index (χ0) is 20.5. The van der Waals surface area contributed by atoms with E-state index in [0.29, 0.717) is 0 Å². The number of benzene rings is 3. The van der Waals surface area contributed by atoms with Crippen LogP contribution in [0.25, 0.3) is 21.8 Å². The van der Waals surface area contributed by atoms with Gasteiger partial charge in [-0.05, 0) is 56.3 Å². The van der Waals surface area contributed by atoms with Crippen molar-refractivity contribution in [3.05, 3.63) is 84.4 Å². The van der Waals surface area contributed by atoms with Crippen molar-refractivity contribution in [2.75, 3.05) is 10.6 Å². The number of aromatic nitrogens is 4. The molecule has 0 atom stereocenters. The van der Waals surface area contributed by atoms with E-state index in [-0.39, 0.29) is 0 Å². The van der Waals surface area contributed by atoms with Crippen LogP contribution in [0.1, 0.15) is 11.6 Å². The predicted octanol–water partition coefficient (Wildman–Crippen LogP) is 5.68. The second kappa shape index (κ2) is 7.40. The van der Waals surface area contributed by atoms with Gasteiger partial charge in [0.05, 0.1) is 11.0 Å². The van der Waals surface area contributed by atoms with E-state index < -0.39 is 0 Å². The molecule has 0 radical (unpaired) electrons. The molecule has 2 N–H and O–H groups in total. The average molecular weight is 392 g/mol. The van der Waals surface area contributed by atoms with Gasteiger partial charge in [-0.3, -0.25) is 0 Å². The quantitative estimate of drug-likeness (QED) is 0.410. The smallest absolute Gasteiger partial charge is 0.142 e. The van der Waals surface area contributed by atoms with Gasteiger partial charge in [0.15, 0.2) is 0 Å². The third-order valence-corrected chi connectivity index (χ3v) is 4.82. The van der Waals surface area contributed by atoms with Crippen molar-refractivity contribution in [1.29, 1.82) is 0 Å². The molecule has 6 nitrogen and oxygen atoms in total. The molecule has 0 aliphatic carbocycles. The van der Waals surface area contributed by atoms with E-state index in [4.69, 9.17) is 0 Å². The Labute approximate surface area is 174 Å². The van der Waals surface area contributed by atoms with Crippen molar-refractivity contribution in [2.45, 2.75) is 13.8 Å². The molecule has 0 amide bonds. The third-order valence-electron chi connectivity index (χ3n) is 4.82. The number of nitrogens with one attached hydrogen (secondary N) is 2. The standard InChI is InChI=1S/C24H20N6/c1-15-25-21-12-5-3-10-19(21)23(27-15)29-17-8-7-9-18(14-17)30-24-20-11-4-6-13-22(20)26-16(2)28-24/h3-14H,1-2H3,(H,25,27,29)(H,26,28,30). The van der Waals surface area contributed by atoms with Crippen molar-refractivity contribution in [3.63, 3.8) is 0 Å². The van der Waals surface area contributed by atoms with Gasteiger partial charge in [-0.2, -0.15) is 0 Å². The van der Waals surface area contributed by atoms with Gasteiger partial charge in [-0.15, -0.1) is 0 Å². The van der Waals surface area contributed by atoms with E-state index in [0.717, 1.165) is 56.5 Å². The number of hydrogen-bond acceptors (Lipinski definition) is 6. The summed E-state index contributed by atoms with van der Waals surface area (Å²) in [4.78, 5) is 18.2. The molecule has 0 aliphatic heterocycles. The van der Waals surface area contributed by atoms with Crippen LogP contribution in [-0.2, 0) is 0 Å². The molecule has 0 saturated carbocycles. The zero-order valence-corrected chi connectivity index (χ0v) is 16.7. The monoisotopic (exact) mass is 392 g/mol. The highest BCUT2D eigenvalue weighted by Crippen LogP contribution is 2.28. The second-order valence-corrected chi connectivity index (χ2v) is 7.10. The lowest BCUT2D eigenvalue weighted by Crippen LogP contribution is -2.01. The van der Waals surface area contributed by atoms with E-state index in [9.17, 15) is 0 Å². The summed E-state index contributed by atoms with van der Waals surface area (Å²) in [5.74, 6) is 3.04. The Kier molecular flexibility index (Phi) is 4.44. The van der Waals surface area contributed by atoms with Crippen molar-refractivity contribution in [3.8, 4) is 0 Å². The first-order valence-corrected chi connectivity index (χ1v) is 9.76. The normalized spacial score (nSPS) is 11.0. The van der Waals surface area contributed by atoms with Crippen LogP contribution in [0.3, 0.4) is 0 Å². The summed E-state index contributed by atoms with van der Waals surface area (Å²) < 4.78 is 0. The Morgan fingerprint density at radius 3 is 1.50 bits per heavy atom. The minimum Gasteiger partial charge on any atom is -0.340 e. The molecule has 0 fully saturated rings. The summed E-state index contributed by atoms with van der Waals surface area (Å²) in [5.41, 5.74) is 3.70. The summed E-state index contributed by atoms with van der Waals surface area (Å²) in [6, 6.07) is 24.1. The summed E-state index contributed by atoms with van der Waals surface area (Å²) in [6.07, 6.45) is 0. The Hall–Kier alpha value is -4.06. The van der Waals surface area contributed by atoms with Crippen molar-refractivity contribution in [2.24, 2.45) is 0 Å². The average Bonchev–Trinajstić information content (AvgIpc) is 2.74. The molecule has 5 rings (SSSR count). The van der Waals surface area contributed by atoms with Gasteiger partial charge < -0.3 is 10.6 Å². The highest BCUT2D eigenvalue weighted by molar-refractivity contribution is 5.92. The fraction of sp³-hybridized carbons (Fsp3) is 0.0833. The van der Waals surface area contributed by atoms with Gasteiger partial charge in [0.1, 0.15) is 23.3 Å². The molecule has 30 heavy (non-hydrogen) atoms. The van der Waals surface area contributed by atoms with E-state index in [1.807, 2.05) is 86.6 Å². The number of para-hydroxylation sites is 2. The van der Waals surface area contributed by atoms with E-state index >= 15 is 0 Å². The number of aryl methyl sites for hydroxylation is 2. The molecule has 0 aliphatic rings. The van der Waals surface area contributed by atoms with Crippen LogP contribution in [-0.4, -0.2) is 19.9 Å². The second-order valence-electron chi connectivity index (χ2n) is 7.10. The molecule has 6 heteroatoms. The first-order chi connectivity index (χ1) is 14.7. The van der Waals surface area contributed by atoms with Gasteiger partial charge in [-0.25, -0.2) is 19.9 Å². The van der Waals surface area contributed by atoms with Crippen molar-refractivity contribution in [1.82, 2.24) is 19.9 Å². The number of anilines is 4. The van der Waals surface area contributed by atoms with E-state index in [1.54, 1.807) is 0 Å². The summed E-state index contributed by atoms with van der Waals surface area (Å²) >= 11 is 0. The minimum absolute atomic E-state index is 0.730. The molecular formula is C24H20N6. The van der Waals surface area contributed by atoms with Crippen molar-refractivity contribution >= 4 is 44.8 Å². The lowest BCUT2D eigenvalue weighted by atomic mass is 10.2. The Morgan fingerprint density at radius 1 is 0.533 bits per heavy atom. The van der Waals surface area contributed by atoms with Crippen LogP contribution >= 0.6 is 0 Å². The van der Waals surface area contributed by atoms with Crippen molar-refractivity contribution < 1.29 is 0 Å². The van der Waals surface area contributed by atoms with Crippen LogP contribution in [0.5, 0.6) is 0 Å². The number of hydrogen-bond donors (Lipinski definition) is 2. The van der Waals surface area contributed by atoms with Gasteiger partial charge >= 0.3 is 0 Å². The lowest BCUT2D eigenvalue weighted by molar-refractivity contribution is 1.09. The largest absolute Gasteiger partial charge is 0.340 e. The number of nitrogens with zero attached hydrogens (tertiary/aromatic N) is 4. The van der Waals surface area contributed by atoms with E-state index in [2.05, 4.69) is 30.6 Å². The minimum atomic E-state index is 0.730. The molecule has 2 heterocycles. The number of rotatable bonds is 4. The summed E-state index contributed by atoms with van der Waals surface area (Å²) in [6.45, 7) is 3.80. The SMILES string of the molecule is Cc1nc(Nc2cccc(Nc3nc(C)nc4ccccc34)c2)c2ccccc2n1. The fourth-order valence-electron chi connectivity index (χ4n) is 3.52. The van der Waals surface area contributed by atoms with Crippen LogP contribution in [0.15, 0.2) is 72.8 Å². The first kappa shape index (κ1) is 18.0. The molecule has 0 saturated heterocycles. The molecular weight excluding hydrogens is 372 g/mol. The Bertz CT molecular complexity index is 1280. The first-order valence-electron chi connectivity index (χ1n) is 9.76. The highest BCUT2D eigenvalue weighted by Gasteiger charge is 2.08. The zero-order valence-electron chi connectivity index (χ0n) is 16.7. The Morgan fingerprint density at radius 2 is 1.00 bits per heavy atom. The number of fused-ring (bicyclic) bond motifs is 2. The van der Waals surface area contributed by atoms with Gasteiger partial charge in [0.2, 0.25) is 0 Å². The lowest BCUT2D eigenvalue weighted by Gasteiger charge is -2.13. The topological polar surface area (TPSA) is 75.6 Å². The van der Waals surface area contributed by atoms with Gasteiger partial charge in [-0.1, -0.05) is 30.3 Å². The third kappa shape index (κ3) is 3.51. The van der Waals surface area contributed by atoms with Crippen LogP contribution in [0.4, 0.5) is 23.0 Å². The van der Waals surface area contributed by atoms with Gasteiger partial charge in [0.25, 0.3) is 0 Å². The fourth-order valence-corrected chi connectivity index (χ4v) is 3.52. The highest BCUT2D eigenvalue weighted by atomic mass is 15.1. The maximum Gasteiger partial charge on any atom is 0.142 e. The molecule has 146 valence electrons. The molecule has 0 bridgehead atoms. The maximum absolute atomic E-state index is 4.60. The summed E-state index contributed by atoms with van der Waals surface area (Å²) in [7, 11) is 0. The molecule has 0 unspecified atom stereocenters. The predicted molar refractivity (Wildman–Crippen MR) is 122 cm³/mol. The van der Waals surface area contributed by atoms with Crippen LogP contribution in [0.2, 0.25) is 0 Å². The van der Waals surface area contributed by atoms with E-state index in [1.165, 1.54) is 0 Å². The van der Waals surface area contributed by atoms with Crippen LogP contribution < -0.4 is 10.6 Å². The molecule has 3 aromatic carbocycles. The molecule has 5 aromatic rings.